The van der Waals surface area contributed by atoms with Crippen LogP contribution in [0.4, 0.5) is 4.79 Å². The summed E-state index contributed by atoms with van der Waals surface area (Å²) in [4.78, 5) is 18.6. The number of carbonyl (C=O) groups is 1. The maximum atomic E-state index is 13.3. The number of amides is 2. The molecule has 0 saturated carbocycles. The van der Waals surface area contributed by atoms with Crippen molar-refractivity contribution < 1.29 is 14.3 Å². The maximum absolute atomic E-state index is 13.3. The molecular weight excluding hydrogens is 428 g/mol. The Balaban J connectivity index is 1.47. The van der Waals surface area contributed by atoms with Crippen LogP contribution in [0.1, 0.15) is 35.7 Å². The number of H-pyrrole nitrogens is 1. The molecule has 7 heteroatoms. The average molecular weight is 459 g/mol. The molecule has 34 heavy (non-hydrogen) atoms. The van der Waals surface area contributed by atoms with Gasteiger partial charge in [-0.25, -0.2) is 4.79 Å². The lowest BCUT2D eigenvalue weighted by atomic mass is 9.90. The van der Waals surface area contributed by atoms with Crippen molar-refractivity contribution in [2.75, 3.05) is 27.3 Å². The van der Waals surface area contributed by atoms with E-state index in [2.05, 4.69) is 46.2 Å². The third-order valence-corrected chi connectivity index (χ3v) is 6.87. The number of nitrogens with one attached hydrogen (secondary N) is 2. The minimum absolute atomic E-state index is 0.0154. The molecule has 5 rings (SSSR count). The summed E-state index contributed by atoms with van der Waals surface area (Å²) >= 11 is 0. The number of hydrogen-bond acceptors (Lipinski definition) is 3. The number of urea groups is 1. The second-order valence-corrected chi connectivity index (χ2v) is 8.61. The number of methoxy groups -OCH3 is 2. The molecule has 4 aromatic rings. The first-order valence-electron chi connectivity index (χ1n) is 11.6. The van der Waals surface area contributed by atoms with E-state index in [4.69, 9.17) is 9.47 Å². The van der Waals surface area contributed by atoms with Gasteiger partial charge in [-0.3, -0.25) is 0 Å². The molecule has 7 nitrogen and oxygen atoms in total. The molecule has 0 fully saturated rings. The quantitative estimate of drug-likeness (QED) is 0.432. The number of hydrogen-bond donors (Lipinski definition) is 2. The van der Waals surface area contributed by atoms with Crippen molar-refractivity contribution in [3.05, 3.63) is 83.8 Å². The molecule has 0 spiro atoms. The lowest BCUT2D eigenvalue weighted by Crippen LogP contribution is -2.47. The van der Waals surface area contributed by atoms with E-state index in [0.717, 1.165) is 34.3 Å². The fraction of sp³-hybridized carbons (Fsp3) is 0.296. The van der Waals surface area contributed by atoms with E-state index in [0.29, 0.717) is 24.6 Å². The highest BCUT2D eigenvalue weighted by atomic mass is 16.5. The molecule has 1 aliphatic heterocycles. The van der Waals surface area contributed by atoms with Gasteiger partial charge < -0.3 is 29.2 Å². The topological polar surface area (TPSA) is 71.5 Å². The summed E-state index contributed by atoms with van der Waals surface area (Å²) in [7, 11) is 3.29. The molecule has 2 aromatic carbocycles. The fourth-order valence-corrected chi connectivity index (χ4v) is 5.10. The summed E-state index contributed by atoms with van der Waals surface area (Å²) < 4.78 is 13.5. The molecule has 0 saturated heterocycles. The average Bonchev–Trinajstić information content (AvgIpc) is 3.52. The number of nitrogens with zero attached hydrogens (tertiary/aromatic N) is 2. The molecule has 1 aliphatic rings. The van der Waals surface area contributed by atoms with Crippen molar-refractivity contribution in [1.29, 1.82) is 0 Å². The predicted octanol–water partition coefficient (Wildman–Crippen LogP) is 4.90. The van der Waals surface area contributed by atoms with Crippen LogP contribution in [0.3, 0.4) is 0 Å². The Bertz CT molecular complexity index is 1310. The Labute approximate surface area is 199 Å². The fourth-order valence-electron chi connectivity index (χ4n) is 5.10. The molecule has 2 N–H and O–H groups in total. The molecule has 176 valence electrons. The van der Waals surface area contributed by atoms with Gasteiger partial charge in [-0.2, -0.15) is 0 Å². The van der Waals surface area contributed by atoms with Crippen LogP contribution >= 0.6 is 0 Å². The number of para-hydroxylation sites is 2. The Morgan fingerprint density at radius 1 is 1.06 bits per heavy atom. The summed E-state index contributed by atoms with van der Waals surface area (Å²) in [5.74, 6) is 1.22. The second-order valence-electron chi connectivity index (χ2n) is 8.61. The molecular formula is C27H30N4O3. The summed E-state index contributed by atoms with van der Waals surface area (Å²) in [6.45, 7) is 3.98. The first-order valence-corrected chi connectivity index (χ1v) is 11.6. The Hall–Kier alpha value is -3.87. The number of fused-ring (bicyclic) bond motifs is 2. The third kappa shape index (κ3) is 3.77. The van der Waals surface area contributed by atoms with Gasteiger partial charge >= 0.3 is 6.03 Å². The zero-order chi connectivity index (χ0) is 23.7. The molecule has 0 radical (unpaired) electrons. The van der Waals surface area contributed by atoms with E-state index in [1.807, 2.05) is 47.5 Å². The van der Waals surface area contributed by atoms with E-state index < -0.39 is 0 Å². The van der Waals surface area contributed by atoms with Gasteiger partial charge in [-0.15, -0.1) is 0 Å². The van der Waals surface area contributed by atoms with E-state index in [1.54, 1.807) is 14.2 Å². The number of aromatic nitrogens is 2. The first-order chi connectivity index (χ1) is 16.6. The van der Waals surface area contributed by atoms with Crippen LogP contribution in [0.15, 0.2) is 67.0 Å². The number of benzene rings is 2. The molecule has 2 atom stereocenters. The Morgan fingerprint density at radius 3 is 2.74 bits per heavy atom. The lowest BCUT2D eigenvalue weighted by Gasteiger charge is -2.35. The van der Waals surface area contributed by atoms with E-state index in [1.165, 1.54) is 0 Å². The lowest BCUT2D eigenvalue weighted by molar-refractivity contribution is 0.162. The van der Waals surface area contributed by atoms with Crippen LogP contribution < -0.4 is 14.8 Å². The Morgan fingerprint density at radius 2 is 1.91 bits per heavy atom. The largest absolute Gasteiger partial charge is 0.493 e. The summed E-state index contributed by atoms with van der Waals surface area (Å²) in [6.07, 6.45) is 4.10. The minimum atomic E-state index is -0.130. The third-order valence-electron chi connectivity index (χ3n) is 6.87. The van der Waals surface area contributed by atoms with Gasteiger partial charge in [0.2, 0.25) is 0 Å². The van der Waals surface area contributed by atoms with Crippen LogP contribution in [0.5, 0.6) is 11.5 Å². The molecule has 2 aromatic heterocycles. The molecule has 0 bridgehead atoms. The number of ether oxygens (including phenoxy) is 2. The molecule has 0 aliphatic carbocycles. The first kappa shape index (κ1) is 21.9. The van der Waals surface area contributed by atoms with Crippen LogP contribution in [0.25, 0.3) is 10.9 Å². The van der Waals surface area contributed by atoms with Crippen molar-refractivity contribution in [2.24, 2.45) is 0 Å². The summed E-state index contributed by atoms with van der Waals surface area (Å²) in [5, 5.41) is 4.33. The number of rotatable bonds is 6. The maximum Gasteiger partial charge on any atom is 0.318 e. The van der Waals surface area contributed by atoms with Crippen LogP contribution in [0, 0.1) is 0 Å². The molecule has 2 amide bonds. The number of aromatic amines is 1. The van der Waals surface area contributed by atoms with E-state index in [-0.39, 0.29) is 18.0 Å². The van der Waals surface area contributed by atoms with Gasteiger partial charge in [0.25, 0.3) is 0 Å². The zero-order valence-corrected chi connectivity index (χ0v) is 19.7. The highest BCUT2D eigenvalue weighted by Crippen LogP contribution is 2.40. The van der Waals surface area contributed by atoms with Crippen molar-refractivity contribution in [1.82, 2.24) is 19.8 Å². The van der Waals surface area contributed by atoms with Crippen molar-refractivity contribution >= 4 is 16.9 Å². The minimum Gasteiger partial charge on any atom is -0.493 e. The SMILES string of the molecule is COc1cccc(C(CNC(=O)N2CCn3cccc3C2C)c2c[nH]c3ccccc23)c1OC. The monoisotopic (exact) mass is 458 g/mol. The second kappa shape index (κ2) is 9.17. The van der Waals surface area contributed by atoms with Crippen LogP contribution in [-0.4, -0.2) is 47.8 Å². The highest BCUT2D eigenvalue weighted by Gasteiger charge is 2.29. The van der Waals surface area contributed by atoms with Gasteiger partial charge in [0, 0.05) is 60.1 Å². The summed E-state index contributed by atoms with van der Waals surface area (Å²) in [5.41, 5.74) is 4.28. The normalized spacial score (nSPS) is 16.2. The molecule has 2 unspecified atom stereocenters. The number of carbonyl (C=O) groups excluding carboxylic acids is 1. The smallest absolute Gasteiger partial charge is 0.318 e. The van der Waals surface area contributed by atoms with Crippen molar-refractivity contribution in [3.8, 4) is 11.5 Å². The molecule has 3 heterocycles. The van der Waals surface area contributed by atoms with Gasteiger partial charge in [0.15, 0.2) is 11.5 Å². The zero-order valence-electron chi connectivity index (χ0n) is 19.7. The van der Waals surface area contributed by atoms with Gasteiger partial charge in [-0.1, -0.05) is 30.3 Å². The van der Waals surface area contributed by atoms with Crippen LogP contribution in [-0.2, 0) is 6.54 Å². The van der Waals surface area contributed by atoms with E-state index in [9.17, 15) is 4.79 Å². The van der Waals surface area contributed by atoms with Crippen molar-refractivity contribution in [2.45, 2.75) is 25.4 Å². The predicted molar refractivity (Wildman–Crippen MR) is 133 cm³/mol. The van der Waals surface area contributed by atoms with Gasteiger partial charge in [0.05, 0.1) is 20.3 Å². The summed E-state index contributed by atoms with van der Waals surface area (Å²) in [6, 6.07) is 18.2. The van der Waals surface area contributed by atoms with E-state index >= 15 is 0 Å². The Kier molecular flexibility index (Phi) is 5.92. The van der Waals surface area contributed by atoms with Crippen molar-refractivity contribution in [3.63, 3.8) is 0 Å². The van der Waals surface area contributed by atoms with Gasteiger partial charge in [0.1, 0.15) is 0 Å². The standard InChI is InChI=1S/C27H30N4O3/c1-18-24-11-7-13-30(24)14-15-31(18)27(32)29-17-22(20-9-6-12-25(33-2)26(20)34-3)21-16-28-23-10-5-4-8-19(21)23/h4-13,16,18,22,28H,14-15,17H2,1-3H3,(H,29,32). The van der Waals surface area contributed by atoms with Gasteiger partial charge in [-0.05, 0) is 36.8 Å². The highest BCUT2D eigenvalue weighted by molar-refractivity contribution is 5.84. The van der Waals surface area contributed by atoms with Crippen LogP contribution in [0.2, 0.25) is 0 Å².